The second-order valence-electron chi connectivity index (χ2n) is 18.2. The number of benzene rings is 1. The molecule has 0 spiro atoms. The Hall–Kier alpha value is -4.40. The van der Waals surface area contributed by atoms with Gasteiger partial charge in [0.1, 0.15) is 6.10 Å². The van der Waals surface area contributed by atoms with Crippen molar-refractivity contribution in [2.24, 2.45) is 29.4 Å². The van der Waals surface area contributed by atoms with E-state index in [2.05, 4.69) is 27.7 Å². The number of allylic oxidation sites excluding steroid dienone is 4. The van der Waals surface area contributed by atoms with E-state index in [-0.39, 0.29) is 40.4 Å². The lowest BCUT2D eigenvalue weighted by atomic mass is 9.50. The molecule has 0 saturated heterocycles. The Balaban J connectivity index is 1.29. The van der Waals surface area contributed by atoms with Crippen LogP contribution in [0, 0.1) is 23.7 Å². The fourth-order valence-electron chi connectivity index (χ4n) is 10.9. The Labute approximate surface area is 354 Å². The molecular formula is C47H64N4O9. The molecule has 0 aromatic heterocycles. The number of aliphatic hydroxyl groups is 2. The number of aliphatic hydroxyl groups excluding tert-OH is 1. The molecule has 326 valence electrons. The van der Waals surface area contributed by atoms with Crippen LogP contribution >= 0.6 is 0 Å². The monoisotopic (exact) mass is 828 g/mol. The first-order valence-corrected chi connectivity index (χ1v) is 21.4. The number of amides is 2. The second kappa shape index (κ2) is 19.1. The first-order valence-electron chi connectivity index (χ1n) is 21.4. The fourth-order valence-corrected chi connectivity index (χ4v) is 10.9. The highest BCUT2D eigenvalue weighted by Gasteiger charge is 2.59. The van der Waals surface area contributed by atoms with Crippen molar-refractivity contribution in [1.29, 1.82) is 0 Å². The third kappa shape index (κ3) is 10.4. The highest BCUT2D eigenvalue weighted by molar-refractivity contribution is 6.23. The lowest BCUT2D eigenvalue weighted by Crippen LogP contribution is -2.65. The number of ketones is 2. The summed E-state index contributed by atoms with van der Waals surface area (Å²) in [4.78, 5) is 56.3. The average molecular weight is 829 g/mol. The van der Waals surface area contributed by atoms with Gasteiger partial charge in [0.2, 0.25) is 11.6 Å². The number of nitrogens with two attached hydrogens (primary N) is 1. The van der Waals surface area contributed by atoms with E-state index in [9.17, 15) is 29.4 Å². The van der Waals surface area contributed by atoms with E-state index in [0.29, 0.717) is 43.5 Å². The minimum absolute atomic E-state index is 0.124. The summed E-state index contributed by atoms with van der Waals surface area (Å²) in [5.74, 6) is -1.19. The maximum atomic E-state index is 14.4. The zero-order valence-corrected chi connectivity index (χ0v) is 35.9. The molecule has 6 aliphatic rings. The maximum absolute atomic E-state index is 14.4. The number of carbonyl (C=O) groups excluding carboxylic acids is 4. The van der Waals surface area contributed by atoms with Crippen molar-refractivity contribution in [2.75, 3.05) is 27.3 Å². The molecule has 4 saturated carbocycles. The molecule has 0 radical (unpaired) electrons. The van der Waals surface area contributed by atoms with Gasteiger partial charge in [-0.25, -0.2) is 4.79 Å². The number of methoxy groups -OCH3 is 2. The van der Waals surface area contributed by atoms with Gasteiger partial charge in [0.15, 0.2) is 6.10 Å². The lowest BCUT2D eigenvalue weighted by molar-refractivity contribution is -0.177. The van der Waals surface area contributed by atoms with Crippen LogP contribution in [-0.2, 0) is 35.1 Å². The van der Waals surface area contributed by atoms with Crippen LogP contribution in [0.5, 0.6) is 0 Å². The number of carbonyl (C=O) groups is 4. The Morgan fingerprint density at radius 2 is 1.72 bits per heavy atom. The number of hydrogen-bond acceptors (Lipinski definition) is 11. The molecule has 1 aliphatic heterocycles. The zero-order chi connectivity index (χ0) is 43.4. The SMILES string of the molecule is CO[C@H]1/C=C\C=C(/C)C(=O)NC2=CC(=O)C(NCCN(Cc3ccccc3)C34CC5CC(CC(O)(C5)C3)C4)=C(C[C@@H](C)C[C@H](OC)[C@H](O)[C@@H](C)/C=C(\C)[C@@H]1OC(N)=O)C2=O. The third-order valence-electron chi connectivity index (χ3n) is 13.4. The molecule has 6 N–H and O–H groups in total. The van der Waals surface area contributed by atoms with Crippen LogP contribution in [0.25, 0.3) is 0 Å². The van der Waals surface area contributed by atoms with Crippen molar-refractivity contribution in [3.63, 3.8) is 0 Å². The van der Waals surface area contributed by atoms with Gasteiger partial charge in [0, 0.05) is 62.5 Å². The van der Waals surface area contributed by atoms with Crippen molar-refractivity contribution in [1.82, 2.24) is 15.5 Å². The van der Waals surface area contributed by atoms with Crippen LogP contribution in [-0.4, -0.2) is 102 Å². The molecule has 6 bridgehead atoms. The number of rotatable bonds is 10. The molecule has 1 aromatic carbocycles. The Morgan fingerprint density at radius 1 is 1.02 bits per heavy atom. The van der Waals surface area contributed by atoms with Gasteiger partial charge in [-0.2, -0.15) is 0 Å². The second-order valence-corrected chi connectivity index (χ2v) is 18.2. The van der Waals surface area contributed by atoms with Crippen molar-refractivity contribution in [2.45, 2.75) is 121 Å². The molecule has 2 unspecified atom stereocenters. The van der Waals surface area contributed by atoms with Crippen LogP contribution < -0.4 is 16.4 Å². The molecule has 1 aromatic rings. The van der Waals surface area contributed by atoms with E-state index in [4.69, 9.17) is 19.9 Å². The molecular weight excluding hydrogens is 765 g/mol. The summed E-state index contributed by atoms with van der Waals surface area (Å²) >= 11 is 0. The van der Waals surface area contributed by atoms with Gasteiger partial charge < -0.3 is 40.8 Å². The minimum Gasteiger partial charge on any atom is -0.439 e. The predicted molar refractivity (Wildman–Crippen MR) is 227 cm³/mol. The summed E-state index contributed by atoms with van der Waals surface area (Å²) in [6.45, 7) is 8.75. The maximum Gasteiger partial charge on any atom is 0.405 e. The average Bonchev–Trinajstić information content (AvgIpc) is 3.18. The molecule has 5 aliphatic carbocycles. The van der Waals surface area contributed by atoms with Crippen LogP contribution in [0.3, 0.4) is 0 Å². The number of ether oxygens (including phenoxy) is 3. The quantitative estimate of drug-likeness (QED) is 0.159. The number of nitrogens with zero attached hydrogens (tertiary/aromatic N) is 1. The number of fused-ring (bicyclic) bond motifs is 2. The van der Waals surface area contributed by atoms with Gasteiger partial charge in [0.05, 0.1) is 29.2 Å². The Kier molecular flexibility index (Phi) is 14.4. The predicted octanol–water partition coefficient (Wildman–Crippen LogP) is 4.94. The van der Waals surface area contributed by atoms with Gasteiger partial charge in [-0.05, 0) is 94.1 Å². The van der Waals surface area contributed by atoms with E-state index in [0.717, 1.165) is 32.1 Å². The highest BCUT2D eigenvalue weighted by atomic mass is 16.6. The Morgan fingerprint density at radius 3 is 2.35 bits per heavy atom. The Bertz CT molecular complexity index is 1920. The number of hydrogen-bond donors (Lipinski definition) is 5. The lowest BCUT2D eigenvalue weighted by Gasteiger charge is -2.63. The van der Waals surface area contributed by atoms with E-state index in [1.807, 2.05) is 32.0 Å². The number of primary amides is 1. The van der Waals surface area contributed by atoms with Crippen LogP contribution in [0.4, 0.5) is 4.79 Å². The van der Waals surface area contributed by atoms with E-state index in [1.165, 1.54) is 38.4 Å². The third-order valence-corrected chi connectivity index (χ3v) is 13.4. The molecule has 7 rings (SSSR count). The zero-order valence-electron chi connectivity index (χ0n) is 35.9. The number of nitrogens with one attached hydrogen (secondary N) is 2. The van der Waals surface area contributed by atoms with Crippen molar-refractivity contribution in [3.05, 3.63) is 94.4 Å². The van der Waals surface area contributed by atoms with E-state index < -0.39 is 59.5 Å². The summed E-state index contributed by atoms with van der Waals surface area (Å²) < 4.78 is 16.9. The highest BCUT2D eigenvalue weighted by Crippen LogP contribution is 2.59. The van der Waals surface area contributed by atoms with E-state index >= 15 is 0 Å². The van der Waals surface area contributed by atoms with Crippen molar-refractivity contribution in [3.8, 4) is 0 Å². The van der Waals surface area contributed by atoms with Crippen LogP contribution in [0.15, 0.2) is 88.8 Å². The van der Waals surface area contributed by atoms with Gasteiger partial charge in [-0.3, -0.25) is 19.3 Å². The molecule has 13 heteroatoms. The summed E-state index contributed by atoms with van der Waals surface area (Å²) in [6.07, 6.45) is 9.49. The summed E-state index contributed by atoms with van der Waals surface area (Å²) in [5.41, 5.74) is 6.96. The van der Waals surface area contributed by atoms with Crippen molar-refractivity contribution >= 4 is 23.6 Å². The van der Waals surface area contributed by atoms with E-state index in [1.54, 1.807) is 32.1 Å². The summed E-state index contributed by atoms with van der Waals surface area (Å²) in [7, 11) is 2.96. The molecule has 4 fully saturated rings. The largest absolute Gasteiger partial charge is 0.439 e. The summed E-state index contributed by atoms with van der Waals surface area (Å²) in [5, 5.41) is 29.3. The molecule has 2 amide bonds. The normalized spacial score (nSPS) is 36.2. The number of Topliss-reactive ketones (excluding diaryl/α,β-unsaturated/α-hetero) is 1. The van der Waals surface area contributed by atoms with Gasteiger partial charge >= 0.3 is 6.09 Å². The topological polar surface area (TPSA) is 190 Å². The minimum atomic E-state index is -1.00. The fraction of sp³-hybridized carbons (Fsp3) is 0.574. The summed E-state index contributed by atoms with van der Waals surface area (Å²) in [6, 6.07) is 10.3. The molecule has 13 nitrogen and oxygen atoms in total. The first kappa shape index (κ1) is 45.1. The van der Waals surface area contributed by atoms with Gasteiger partial charge in [-0.15, -0.1) is 0 Å². The molecule has 8 atom stereocenters. The van der Waals surface area contributed by atoms with Gasteiger partial charge in [0.25, 0.3) is 5.91 Å². The molecule has 60 heavy (non-hydrogen) atoms. The smallest absolute Gasteiger partial charge is 0.405 e. The molecule has 1 heterocycles. The first-order chi connectivity index (χ1) is 28.5. The van der Waals surface area contributed by atoms with Crippen LogP contribution in [0.2, 0.25) is 0 Å². The van der Waals surface area contributed by atoms with Crippen LogP contribution in [0.1, 0.15) is 84.6 Å². The van der Waals surface area contributed by atoms with Gasteiger partial charge in [-0.1, -0.05) is 68.5 Å². The standard InChI is InChI=1S/C47H64N4O9/c1-28-17-35-40(49-15-16-51(26-32-12-8-7-9-13-32)46-22-33-20-34(23-46)25-47(57,24-33)27-46)37(52)21-36(42(35)54)50-44(55)29(2)11-10-14-38(58-5)43(60-45(48)56)31(4)19-30(3)41(53)39(18-28)59-6/h7-14,19,21,28,30,33-34,38-39,41,43,49,53,57H,15-18,20,22-27H2,1-6H3,(H2,48,56)(H,50,55)/b14-10-,29-11+,31-19+/t28-,30+,33?,34?,38+,39+,41-,43+,46?,47?/m1/s1. The van der Waals surface area contributed by atoms with Crippen molar-refractivity contribution < 1.29 is 43.6 Å².